The van der Waals surface area contributed by atoms with Crippen molar-refractivity contribution in [1.82, 2.24) is 10.3 Å². The Hall–Kier alpha value is -2.21. The maximum Gasteiger partial charge on any atom is 0.329 e. The highest BCUT2D eigenvalue weighted by Gasteiger charge is 2.22. The summed E-state index contributed by atoms with van der Waals surface area (Å²) in [6.45, 7) is 1.42. The number of aromatic nitrogens is 1. The number of nitro groups is 1. The Balaban J connectivity index is 1.96. The Morgan fingerprint density at radius 1 is 1.45 bits per heavy atom. The lowest BCUT2D eigenvalue weighted by atomic mass is 10.2. The quantitative estimate of drug-likeness (QED) is 0.683. The maximum atomic E-state index is 11.1. The standard InChI is InChI=1S/C14H15N3O3/c18-17(19)13-8-16-12-6-2-1-5-11(12)14(13)20-9-10-4-3-7-15-10/h1-2,5-6,8,10,15H,3-4,7,9H2. The smallest absolute Gasteiger partial charge is 0.329 e. The number of ether oxygens (including phenoxy) is 1. The number of para-hydroxylation sites is 1. The zero-order valence-corrected chi connectivity index (χ0v) is 10.9. The van der Waals surface area contributed by atoms with Gasteiger partial charge in [0.05, 0.1) is 10.4 Å². The van der Waals surface area contributed by atoms with Crippen molar-refractivity contribution in [3.05, 3.63) is 40.6 Å². The molecule has 0 spiro atoms. The summed E-state index contributed by atoms with van der Waals surface area (Å²) in [5.74, 6) is 0.314. The Labute approximate surface area is 115 Å². The van der Waals surface area contributed by atoms with Gasteiger partial charge in [0.2, 0.25) is 5.75 Å². The zero-order valence-electron chi connectivity index (χ0n) is 10.9. The van der Waals surface area contributed by atoms with Crippen LogP contribution in [0.5, 0.6) is 5.75 Å². The van der Waals surface area contributed by atoms with Crippen LogP contribution in [0.15, 0.2) is 30.5 Å². The molecule has 6 nitrogen and oxygen atoms in total. The van der Waals surface area contributed by atoms with Gasteiger partial charge in [-0.2, -0.15) is 0 Å². The van der Waals surface area contributed by atoms with E-state index in [-0.39, 0.29) is 11.7 Å². The average molecular weight is 273 g/mol. The van der Waals surface area contributed by atoms with Gasteiger partial charge in [-0.05, 0) is 31.5 Å². The van der Waals surface area contributed by atoms with E-state index in [1.807, 2.05) is 18.2 Å². The number of hydrogen-bond donors (Lipinski definition) is 1. The first kappa shape index (κ1) is 12.8. The molecule has 1 aromatic heterocycles. The molecule has 20 heavy (non-hydrogen) atoms. The minimum Gasteiger partial charge on any atom is -0.485 e. The van der Waals surface area contributed by atoms with Gasteiger partial charge in [-0.15, -0.1) is 0 Å². The van der Waals surface area contributed by atoms with Gasteiger partial charge >= 0.3 is 5.69 Å². The SMILES string of the molecule is O=[N+]([O-])c1cnc2ccccc2c1OCC1CCCN1. The molecule has 1 atom stereocenters. The fraction of sp³-hybridized carbons (Fsp3) is 0.357. The third-order valence-corrected chi connectivity index (χ3v) is 3.50. The lowest BCUT2D eigenvalue weighted by Crippen LogP contribution is -2.28. The molecule has 1 N–H and O–H groups in total. The van der Waals surface area contributed by atoms with Crippen molar-refractivity contribution in [2.75, 3.05) is 13.2 Å². The van der Waals surface area contributed by atoms with E-state index in [9.17, 15) is 10.1 Å². The highest BCUT2D eigenvalue weighted by Crippen LogP contribution is 2.33. The van der Waals surface area contributed by atoms with Gasteiger partial charge in [-0.3, -0.25) is 10.1 Å². The van der Waals surface area contributed by atoms with E-state index in [2.05, 4.69) is 10.3 Å². The average Bonchev–Trinajstić information content (AvgIpc) is 2.97. The molecule has 3 rings (SSSR count). The van der Waals surface area contributed by atoms with Crippen LogP contribution in [-0.4, -0.2) is 29.1 Å². The van der Waals surface area contributed by atoms with Crippen molar-refractivity contribution in [3.63, 3.8) is 0 Å². The molecule has 1 fully saturated rings. The monoisotopic (exact) mass is 273 g/mol. The van der Waals surface area contributed by atoms with Crippen LogP contribution in [-0.2, 0) is 0 Å². The zero-order chi connectivity index (χ0) is 13.9. The summed E-state index contributed by atoms with van der Waals surface area (Å²) in [5.41, 5.74) is 0.620. The first-order chi connectivity index (χ1) is 9.75. The van der Waals surface area contributed by atoms with E-state index in [0.29, 0.717) is 23.3 Å². The van der Waals surface area contributed by atoms with Crippen LogP contribution < -0.4 is 10.1 Å². The summed E-state index contributed by atoms with van der Waals surface area (Å²) >= 11 is 0. The van der Waals surface area contributed by atoms with Gasteiger partial charge in [0, 0.05) is 11.4 Å². The topological polar surface area (TPSA) is 77.3 Å². The molecule has 1 saturated heterocycles. The van der Waals surface area contributed by atoms with E-state index >= 15 is 0 Å². The first-order valence-corrected chi connectivity index (χ1v) is 6.64. The number of pyridine rings is 1. The Kier molecular flexibility index (Phi) is 3.47. The molecule has 104 valence electrons. The summed E-state index contributed by atoms with van der Waals surface area (Å²) in [6, 6.07) is 7.56. The van der Waals surface area contributed by atoms with Crippen LogP contribution in [0, 0.1) is 10.1 Å². The minimum absolute atomic E-state index is 0.0818. The van der Waals surface area contributed by atoms with Gasteiger partial charge in [-0.25, -0.2) is 4.98 Å². The van der Waals surface area contributed by atoms with Crippen molar-refractivity contribution < 1.29 is 9.66 Å². The molecule has 6 heteroatoms. The molecule has 2 aromatic rings. The van der Waals surface area contributed by atoms with Crippen LogP contribution in [0.1, 0.15) is 12.8 Å². The van der Waals surface area contributed by atoms with Crippen LogP contribution in [0.25, 0.3) is 10.9 Å². The van der Waals surface area contributed by atoms with E-state index in [1.165, 1.54) is 6.20 Å². The largest absolute Gasteiger partial charge is 0.485 e. The third kappa shape index (κ3) is 2.42. The van der Waals surface area contributed by atoms with E-state index < -0.39 is 4.92 Å². The van der Waals surface area contributed by atoms with E-state index in [1.54, 1.807) is 6.07 Å². The van der Waals surface area contributed by atoms with Crippen molar-refractivity contribution >= 4 is 16.6 Å². The summed E-state index contributed by atoms with van der Waals surface area (Å²) in [4.78, 5) is 14.8. The summed E-state index contributed by atoms with van der Waals surface area (Å²) in [6.07, 6.45) is 3.42. The molecule has 1 aliphatic heterocycles. The molecule has 1 unspecified atom stereocenters. The van der Waals surface area contributed by atoms with Gasteiger partial charge < -0.3 is 10.1 Å². The Morgan fingerprint density at radius 2 is 2.30 bits per heavy atom. The van der Waals surface area contributed by atoms with E-state index in [4.69, 9.17) is 4.74 Å². The number of nitrogens with zero attached hydrogens (tertiary/aromatic N) is 2. The number of rotatable bonds is 4. The van der Waals surface area contributed by atoms with Crippen LogP contribution >= 0.6 is 0 Å². The molecule has 0 amide bonds. The number of hydrogen-bond acceptors (Lipinski definition) is 5. The van der Waals surface area contributed by atoms with Crippen molar-refractivity contribution in [3.8, 4) is 5.75 Å². The molecular weight excluding hydrogens is 258 g/mol. The van der Waals surface area contributed by atoms with Gasteiger partial charge in [0.1, 0.15) is 12.8 Å². The Bertz CT molecular complexity index is 639. The van der Waals surface area contributed by atoms with E-state index in [0.717, 1.165) is 19.4 Å². The fourth-order valence-corrected chi connectivity index (χ4v) is 2.47. The van der Waals surface area contributed by atoms with Crippen LogP contribution in [0.3, 0.4) is 0 Å². The van der Waals surface area contributed by atoms with Crippen molar-refractivity contribution in [2.24, 2.45) is 0 Å². The number of nitrogens with one attached hydrogen (secondary N) is 1. The van der Waals surface area contributed by atoms with Gasteiger partial charge in [0.15, 0.2) is 0 Å². The molecule has 0 bridgehead atoms. The van der Waals surface area contributed by atoms with Crippen molar-refractivity contribution in [1.29, 1.82) is 0 Å². The lowest BCUT2D eigenvalue weighted by molar-refractivity contribution is -0.386. The molecule has 0 radical (unpaired) electrons. The van der Waals surface area contributed by atoms with Crippen molar-refractivity contribution in [2.45, 2.75) is 18.9 Å². The molecule has 0 saturated carbocycles. The molecule has 0 aliphatic carbocycles. The predicted octanol–water partition coefficient (Wildman–Crippen LogP) is 2.27. The number of fused-ring (bicyclic) bond motifs is 1. The molecule has 1 aromatic carbocycles. The molecular formula is C14H15N3O3. The molecule has 2 heterocycles. The highest BCUT2D eigenvalue weighted by molar-refractivity contribution is 5.88. The van der Waals surface area contributed by atoms with Gasteiger partial charge in [-0.1, -0.05) is 12.1 Å². The fourth-order valence-electron chi connectivity index (χ4n) is 2.47. The second-order valence-electron chi connectivity index (χ2n) is 4.85. The number of benzene rings is 1. The third-order valence-electron chi connectivity index (χ3n) is 3.50. The first-order valence-electron chi connectivity index (χ1n) is 6.64. The second kappa shape index (κ2) is 5.42. The Morgan fingerprint density at radius 3 is 3.05 bits per heavy atom. The van der Waals surface area contributed by atoms with Crippen LogP contribution in [0.2, 0.25) is 0 Å². The predicted molar refractivity (Wildman–Crippen MR) is 74.9 cm³/mol. The maximum absolute atomic E-state index is 11.1. The molecule has 1 aliphatic rings. The summed E-state index contributed by atoms with van der Waals surface area (Å²) < 4.78 is 5.75. The summed E-state index contributed by atoms with van der Waals surface area (Å²) in [7, 11) is 0. The van der Waals surface area contributed by atoms with Crippen LogP contribution in [0.4, 0.5) is 5.69 Å². The minimum atomic E-state index is -0.448. The second-order valence-corrected chi connectivity index (χ2v) is 4.85. The summed E-state index contributed by atoms with van der Waals surface area (Å²) in [5, 5.41) is 15.1. The van der Waals surface area contributed by atoms with Gasteiger partial charge in [0.25, 0.3) is 0 Å². The highest BCUT2D eigenvalue weighted by atomic mass is 16.6. The normalized spacial score (nSPS) is 18.3. The lowest BCUT2D eigenvalue weighted by Gasteiger charge is -2.13.